The van der Waals surface area contributed by atoms with Gasteiger partial charge in [0.05, 0.1) is 16.5 Å². The fourth-order valence-electron chi connectivity index (χ4n) is 1.83. The van der Waals surface area contributed by atoms with Crippen molar-refractivity contribution in [2.75, 3.05) is 13.1 Å². The van der Waals surface area contributed by atoms with Crippen molar-refractivity contribution < 1.29 is 4.21 Å². The van der Waals surface area contributed by atoms with Gasteiger partial charge in [-0.15, -0.1) is 0 Å². The van der Waals surface area contributed by atoms with Crippen molar-refractivity contribution in [2.24, 2.45) is 0 Å². The topological polar surface area (TPSA) is 44.1 Å². The largest absolute Gasteiger partial charge is 0.237 e. The van der Waals surface area contributed by atoms with Crippen LogP contribution in [0, 0.1) is 11.3 Å². The smallest absolute Gasteiger partial charge is 0.127 e. The molecule has 1 atom stereocenters. The van der Waals surface area contributed by atoms with Crippen molar-refractivity contribution >= 4 is 11.0 Å². The summed E-state index contributed by atoms with van der Waals surface area (Å²) in [5.41, 5.74) is 0.611. The number of rotatable bonds is 2. The molecule has 0 saturated carbocycles. The van der Waals surface area contributed by atoms with Gasteiger partial charge in [0.15, 0.2) is 0 Å². The molecule has 3 nitrogen and oxygen atoms in total. The lowest BCUT2D eigenvalue weighted by Gasteiger charge is -2.24. The summed E-state index contributed by atoms with van der Waals surface area (Å²) in [6, 6.07) is 9.06. The molecule has 0 N–H and O–H groups in total. The van der Waals surface area contributed by atoms with Crippen LogP contribution in [0.1, 0.15) is 24.8 Å². The SMILES string of the molecule is N#Cc1ccc(S(=O)N2CCCCC2)cc1. The lowest BCUT2D eigenvalue weighted by Crippen LogP contribution is -2.31. The van der Waals surface area contributed by atoms with Crippen LogP contribution in [0.3, 0.4) is 0 Å². The maximum Gasteiger partial charge on any atom is 0.127 e. The quantitative estimate of drug-likeness (QED) is 0.786. The van der Waals surface area contributed by atoms with E-state index in [9.17, 15) is 4.21 Å². The van der Waals surface area contributed by atoms with Crippen LogP contribution in [0.4, 0.5) is 0 Å². The van der Waals surface area contributed by atoms with E-state index in [0.29, 0.717) is 5.56 Å². The number of hydrogen-bond donors (Lipinski definition) is 0. The molecular formula is C12H14N2OS. The Labute approximate surface area is 98.3 Å². The molecule has 1 aliphatic rings. The second-order valence-corrected chi connectivity index (χ2v) is 5.36. The molecule has 1 unspecified atom stereocenters. The fourth-order valence-corrected chi connectivity index (χ4v) is 3.08. The predicted octanol–water partition coefficient (Wildman–Crippen LogP) is 2.07. The van der Waals surface area contributed by atoms with Gasteiger partial charge in [0.25, 0.3) is 0 Å². The standard InChI is InChI=1S/C12H14N2OS/c13-10-11-4-6-12(7-5-11)16(15)14-8-2-1-3-9-14/h4-7H,1-3,8-9H2. The van der Waals surface area contributed by atoms with Gasteiger partial charge in [-0.3, -0.25) is 0 Å². The predicted molar refractivity (Wildman–Crippen MR) is 63.0 cm³/mol. The van der Waals surface area contributed by atoms with Gasteiger partial charge in [0, 0.05) is 13.1 Å². The van der Waals surface area contributed by atoms with Gasteiger partial charge in [-0.05, 0) is 37.1 Å². The van der Waals surface area contributed by atoms with Crippen LogP contribution in [-0.2, 0) is 11.0 Å². The van der Waals surface area contributed by atoms with E-state index in [2.05, 4.69) is 6.07 Å². The molecule has 0 aliphatic carbocycles. The number of nitrogens with zero attached hydrogens (tertiary/aromatic N) is 2. The summed E-state index contributed by atoms with van der Waals surface area (Å²) in [5, 5.41) is 8.68. The van der Waals surface area contributed by atoms with E-state index in [0.717, 1.165) is 30.8 Å². The molecular weight excluding hydrogens is 220 g/mol. The lowest BCUT2D eigenvalue weighted by molar-refractivity contribution is 0.365. The molecule has 0 amide bonds. The third kappa shape index (κ3) is 2.49. The van der Waals surface area contributed by atoms with Crippen molar-refractivity contribution in [1.29, 1.82) is 5.26 Å². The van der Waals surface area contributed by atoms with Gasteiger partial charge in [0.1, 0.15) is 11.0 Å². The van der Waals surface area contributed by atoms with Gasteiger partial charge in [-0.25, -0.2) is 8.51 Å². The average molecular weight is 234 g/mol. The Kier molecular flexibility index (Phi) is 3.70. The van der Waals surface area contributed by atoms with Gasteiger partial charge in [-0.1, -0.05) is 6.42 Å². The minimum absolute atomic E-state index is 0.611. The van der Waals surface area contributed by atoms with E-state index in [1.165, 1.54) is 6.42 Å². The van der Waals surface area contributed by atoms with Gasteiger partial charge in [-0.2, -0.15) is 5.26 Å². The molecule has 1 heterocycles. The highest BCUT2D eigenvalue weighted by atomic mass is 32.2. The number of nitriles is 1. The average Bonchev–Trinajstić information content (AvgIpc) is 2.39. The zero-order chi connectivity index (χ0) is 11.4. The Morgan fingerprint density at radius 3 is 2.31 bits per heavy atom. The van der Waals surface area contributed by atoms with Gasteiger partial charge < -0.3 is 0 Å². The van der Waals surface area contributed by atoms with Gasteiger partial charge >= 0.3 is 0 Å². The summed E-state index contributed by atoms with van der Waals surface area (Å²) in [6.45, 7) is 1.82. The Bertz CT molecular complexity index is 416. The number of hydrogen-bond acceptors (Lipinski definition) is 2. The highest BCUT2D eigenvalue weighted by Gasteiger charge is 2.17. The first-order valence-corrected chi connectivity index (χ1v) is 6.59. The zero-order valence-corrected chi connectivity index (χ0v) is 9.87. The highest BCUT2D eigenvalue weighted by Crippen LogP contribution is 2.17. The molecule has 84 valence electrons. The monoisotopic (exact) mass is 234 g/mol. The first-order chi connectivity index (χ1) is 7.81. The summed E-state index contributed by atoms with van der Waals surface area (Å²) in [7, 11) is -1.06. The molecule has 0 spiro atoms. The molecule has 1 aromatic rings. The van der Waals surface area contributed by atoms with Crippen LogP contribution in [-0.4, -0.2) is 21.6 Å². The van der Waals surface area contributed by atoms with E-state index in [-0.39, 0.29) is 0 Å². The Morgan fingerprint density at radius 2 is 1.75 bits per heavy atom. The van der Waals surface area contributed by atoms with Crippen LogP contribution in [0.5, 0.6) is 0 Å². The number of benzene rings is 1. The van der Waals surface area contributed by atoms with E-state index in [1.807, 2.05) is 4.31 Å². The van der Waals surface area contributed by atoms with Crippen LogP contribution >= 0.6 is 0 Å². The van der Waals surface area contributed by atoms with E-state index >= 15 is 0 Å². The van der Waals surface area contributed by atoms with Crippen molar-refractivity contribution in [3.63, 3.8) is 0 Å². The maximum absolute atomic E-state index is 12.2. The fraction of sp³-hybridized carbons (Fsp3) is 0.417. The molecule has 16 heavy (non-hydrogen) atoms. The highest BCUT2D eigenvalue weighted by molar-refractivity contribution is 7.82. The Balaban J connectivity index is 2.11. The molecule has 1 fully saturated rings. The summed E-state index contributed by atoms with van der Waals surface area (Å²) in [4.78, 5) is 0.793. The minimum atomic E-state index is -1.06. The molecule has 2 rings (SSSR count). The second-order valence-electron chi connectivity index (χ2n) is 3.88. The van der Waals surface area contributed by atoms with Crippen LogP contribution in [0.15, 0.2) is 29.2 Å². The second kappa shape index (κ2) is 5.24. The molecule has 4 heteroatoms. The van der Waals surface area contributed by atoms with Crippen LogP contribution in [0.25, 0.3) is 0 Å². The summed E-state index contributed by atoms with van der Waals surface area (Å²) < 4.78 is 14.2. The molecule has 0 radical (unpaired) electrons. The van der Waals surface area contributed by atoms with Crippen molar-refractivity contribution in [3.05, 3.63) is 29.8 Å². The first kappa shape index (κ1) is 11.3. The molecule has 0 bridgehead atoms. The minimum Gasteiger partial charge on any atom is -0.237 e. The van der Waals surface area contributed by atoms with Crippen LogP contribution in [0.2, 0.25) is 0 Å². The van der Waals surface area contributed by atoms with Crippen molar-refractivity contribution in [1.82, 2.24) is 4.31 Å². The molecule has 0 aromatic heterocycles. The van der Waals surface area contributed by atoms with E-state index in [4.69, 9.17) is 5.26 Å². The molecule has 1 saturated heterocycles. The third-order valence-corrected chi connectivity index (χ3v) is 4.24. The first-order valence-electron chi connectivity index (χ1n) is 5.48. The lowest BCUT2D eigenvalue weighted by atomic mass is 10.2. The zero-order valence-electron chi connectivity index (χ0n) is 9.06. The Hall–Kier alpha value is -1.18. The van der Waals surface area contributed by atoms with E-state index in [1.54, 1.807) is 24.3 Å². The normalized spacial score (nSPS) is 18.9. The maximum atomic E-state index is 12.2. The number of piperidine rings is 1. The summed E-state index contributed by atoms with van der Waals surface area (Å²) in [5.74, 6) is 0. The molecule has 1 aromatic carbocycles. The van der Waals surface area contributed by atoms with E-state index < -0.39 is 11.0 Å². The molecule has 1 aliphatic heterocycles. The summed E-state index contributed by atoms with van der Waals surface area (Å²) >= 11 is 0. The Morgan fingerprint density at radius 1 is 1.12 bits per heavy atom. The van der Waals surface area contributed by atoms with Crippen molar-refractivity contribution in [2.45, 2.75) is 24.2 Å². The van der Waals surface area contributed by atoms with Crippen LogP contribution < -0.4 is 0 Å². The van der Waals surface area contributed by atoms with Gasteiger partial charge in [0.2, 0.25) is 0 Å². The third-order valence-electron chi connectivity index (χ3n) is 2.73. The van der Waals surface area contributed by atoms with Crippen molar-refractivity contribution in [3.8, 4) is 6.07 Å². The summed E-state index contributed by atoms with van der Waals surface area (Å²) in [6.07, 6.45) is 3.49.